The molecule has 140 valence electrons. The van der Waals surface area contributed by atoms with Gasteiger partial charge in [-0.2, -0.15) is 0 Å². The van der Waals surface area contributed by atoms with Gasteiger partial charge >= 0.3 is 0 Å². The predicted octanol–water partition coefficient (Wildman–Crippen LogP) is 7.77. The highest BCUT2D eigenvalue weighted by Gasteiger charge is 2.03. The van der Waals surface area contributed by atoms with Crippen LogP contribution in [0.25, 0.3) is 24.3 Å². The second-order valence-electron chi connectivity index (χ2n) is 6.79. The van der Waals surface area contributed by atoms with Crippen molar-refractivity contribution in [2.45, 2.75) is 0 Å². The summed E-state index contributed by atoms with van der Waals surface area (Å²) >= 11 is 0. The lowest BCUT2D eigenvalue weighted by Crippen LogP contribution is -1.95. The molecule has 29 heavy (non-hydrogen) atoms. The van der Waals surface area contributed by atoms with Gasteiger partial charge in [0.15, 0.2) is 0 Å². The van der Waals surface area contributed by atoms with Crippen LogP contribution in [0.2, 0.25) is 0 Å². The van der Waals surface area contributed by atoms with E-state index in [-0.39, 0.29) is 0 Å². The summed E-state index contributed by atoms with van der Waals surface area (Å²) in [6, 6.07) is 37.5. The van der Waals surface area contributed by atoms with Crippen molar-refractivity contribution in [2.24, 2.45) is 0 Å². The maximum atomic E-state index is 3.61. The summed E-state index contributed by atoms with van der Waals surface area (Å²) in [5.74, 6) is 0. The van der Waals surface area contributed by atoms with Crippen LogP contribution in [0.3, 0.4) is 0 Å². The van der Waals surface area contributed by atoms with E-state index in [1.807, 2.05) is 12.1 Å². The summed E-state index contributed by atoms with van der Waals surface area (Å²) in [7, 11) is 0. The van der Waals surface area contributed by atoms with Crippen LogP contribution in [0.4, 0.5) is 11.4 Å². The molecule has 0 aliphatic carbocycles. The normalized spacial score (nSPS) is 11.2. The molecule has 1 N–H and O–H groups in total. The highest BCUT2D eigenvalue weighted by atomic mass is 14.9. The van der Waals surface area contributed by atoms with Gasteiger partial charge in [-0.25, -0.2) is 0 Å². The Morgan fingerprint density at radius 3 is 1.21 bits per heavy atom. The monoisotopic (exact) mass is 373 g/mol. The van der Waals surface area contributed by atoms with Gasteiger partial charge in [0.05, 0.1) is 0 Å². The number of para-hydroxylation sites is 2. The standard InChI is InChI=1S/C28H23N/c1-3-11-23(12-4-1)19-21-25-15-7-9-17-27(25)29-28-18-10-8-16-26(28)22-20-24-13-5-2-6-14-24/h1-22,29H/b21-19+,22-20+. The third kappa shape index (κ3) is 5.12. The molecule has 0 atom stereocenters. The van der Waals surface area contributed by atoms with E-state index in [4.69, 9.17) is 0 Å². The van der Waals surface area contributed by atoms with Gasteiger partial charge in [-0.15, -0.1) is 0 Å². The number of hydrogen-bond donors (Lipinski definition) is 1. The predicted molar refractivity (Wildman–Crippen MR) is 127 cm³/mol. The molecule has 0 aromatic heterocycles. The number of benzene rings is 4. The molecular formula is C28H23N. The van der Waals surface area contributed by atoms with Crippen LogP contribution in [-0.2, 0) is 0 Å². The molecule has 0 fully saturated rings. The van der Waals surface area contributed by atoms with Gasteiger partial charge in [0.2, 0.25) is 0 Å². The van der Waals surface area contributed by atoms with Gasteiger partial charge < -0.3 is 5.32 Å². The third-order valence-electron chi connectivity index (χ3n) is 4.70. The number of nitrogens with one attached hydrogen (secondary N) is 1. The molecule has 0 radical (unpaired) electrons. The molecule has 0 unspecified atom stereocenters. The molecule has 0 saturated carbocycles. The van der Waals surface area contributed by atoms with E-state index in [0.29, 0.717) is 0 Å². The lowest BCUT2D eigenvalue weighted by molar-refractivity contribution is 1.52. The highest BCUT2D eigenvalue weighted by Crippen LogP contribution is 2.26. The summed E-state index contributed by atoms with van der Waals surface area (Å²) < 4.78 is 0. The van der Waals surface area contributed by atoms with Crippen LogP contribution in [0.15, 0.2) is 109 Å². The van der Waals surface area contributed by atoms with Crippen molar-refractivity contribution in [1.29, 1.82) is 0 Å². The molecule has 4 rings (SSSR count). The zero-order valence-electron chi connectivity index (χ0n) is 16.2. The van der Waals surface area contributed by atoms with Crippen LogP contribution >= 0.6 is 0 Å². The van der Waals surface area contributed by atoms with Gasteiger partial charge in [0.1, 0.15) is 0 Å². The van der Waals surface area contributed by atoms with E-state index in [1.54, 1.807) is 0 Å². The third-order valence-corrected chi connectivity index (χ3v) is 4.70. The molecule has 4 aromatic carbocycles. The van der Waals surface area contributed by atoms with Crippen molar-refractivity contribution in [2.75, 3.05) is 5.32 Å². The molecule has 0 amide bonds. The van der Waals surface area contributed by atoms with Crippen molar-refractivity contribution in [3.05, 3.63) is 131 Å². The fourth-order valence-electron chi connectivity index (χ4n) is 3.16. The van der Waals surface area contributed by atoms with E-state index in [9.17, 15) is 0 Å². The molecule has 0 heterocycles. The van der Waals surface area contributed by atoms with E-state index >= 15 is 0 Å². The maximum absolute atomic E-state index is 3.61. The molecule has 1 heteroatoms. The zero-order valence-corrected chi connectivity index (χ0v) is 16.2. The Morgan fingerprint density at radius 1 is 0.379 bits per heavy atom. The molecular weight excluding hydrogens is 350 g/mol. The lowest BCUT2D eigenvalue weighted by atomic mass is 10.1. The molecule has 0 saturated heterocycles. The quantitative estimate of drug-likeness (QED) is 0.340. The first-order valence-electron chi connectivity index (χ1n) is 9.80. The van der Waals surface area contributed by atoms with Crippen LogP contribution < -0.4 is 5.32 Å². The van der Waals surface area contributed by atoms with Gasteiger partial charge in [-0.3, -0.25) is 0 Å². The van der Waals surface area contributed by atoms with Crippen LogP contribution in [0.1, 0.15) is 22.3 Å². The van der Waals surface area contributed by atoms with Crippen molar-refractivity contribution in [3.63, 3.8) is 0 Å². The fraction of sp³-hybridized carbons (Fsp3) is 0. The Morgan fingerprint density at radius 2 is 0.759 bits per heavy atom. The average Bonchev–Trinajstić information content (AvgIpc) is 2.79. The minimum Gasteiger partial charge on any atom is -0.355 e. The lowest BCUT2D eigenvalue weighted by Gasteiger charge is -2.12. The minimum atomic E-state index is 1.08. The second kappa shape index (κ2) is 9.38. The largest absolute Gasteiger partial charge is 0.355 e. The van der Waals surface area contributed by atoms with Crippen molar-refractivity contribution in [1.82, 2.24) is 0 Å². The number of hydrogen-bond acceptors (Lipinski definition) is 1. The van der Waals surface area contributed by atoms with Crippen LogP contribution in [-0.4, -0.2) is 0 Å². The van der Waals surface area contributed by atoms with Gasteiger partial charge in [-0.1, -0.05) is 121 Å². The van der Waals surface area contributed by atoms with E-state index in [0.717, 1.165) is 22.5 Å². The SMILES string of the molecule is C(=C\c1ccccc1Nc1ccccc1/C=C/c1ccccc1)/c1ccccc1. The Labute approximate surface area is 172 Å². The molecule has 1 nitrogen and oxygen atoms in total. The topological polar surface area (TPSA) is 12.0 Å². The summed E-state index contributed by atoms with van der Waals surface area (Å²) in [6.07, 6.45) is 8.59. The van der Waals surface area contributed by atoms with E-state index in [1.165, 1.54) is 11.1 Å². The zero-order chi connectivity index (χ0) is 19.7. The number of rotatable bonds is 6. The van der Waals surface area contributed by atoms with E-state index in [2.05, 4.69) is 127 Å². The summed E-state index contributed by atoms with van der Waals surface area (Å²) in [5.41, 5.74) is 6.85. The summed E-state index contributed by atoms with van der Waals surface area (Å²) in [5, 5.41) is 3.61. The summed E-state index contributed by atoms with van der Waals surface area (Å²) in [6.45, 7) is 0. The molecule has 0 aliphatic heterocycles. The minimum absolute atomic E-state index is 1.08. The van der Waals surface area contributed by atoms with Gasteiger partial charge in [0.25, 0.3) is 0 Å². The van der Waals surface area contributed by atoms with E-state index < -0.39 is 0 Å². The van der Waals surface area contributed by atoms with Gasteiger partial charge in [0, 0.05) is 11.4 Å². The first-order chi connectivity index (χ1) is 14.4. The van der Waals surface area contributed by atoms with Crippen molar-refractivity contribution >= 4 is 35.7 Å². The molecule has 0 aliphatic rings. The Hall–Kier alpha value is -3.84. The van der Waals surface area contributed by atoms with Crippen molar-refractivity contribution < 1.29 is 0 Å². The Kier molecular flexibility index (Phi) is 5.99. The number of anilines is 2. The Bertz CT molecular complexity index is 1020. The first-order valence-corrected chi connectivity index (χ1v) is 9.80. The van der Waals surface area contributed by atoms with Crippen LogP contribution in [0, 0.1) is 0 Å². The first kappa shape index (κ1) is 18.5. The highest BCUT2D eigenvalue weighted by molar-refractivity contribution is 5.83. The van der Waals surface area contributed by atoms with Crippen LogP contribution in [0.5, 0.6) is 0 Å². The van der Waals surface area contributed by atoms with Gasteiger partial charge in [-0.05, 0) is 34.4 Å². The average molecular weight is 373 g/mol. The second-order valence-corrected chi connectivity index (χ2v) is 6.79. The van der Waals surface area contributed by atoms with Crippen molar-refractivity contribution in [3.8, 4) is 0 Å². The summed E-state index contributed by atoms with van der Waals surface area (Å²) in [4.78, 5) is 0. The Balaban J connectivity index is 1.59. The molecule has 0 spiro atoms. The molecule has 0 bridgehead atoms. The fourth-order valence-corrected chi connectivity index (χ4v) is 3.16. The molecule has 4 aromatic rings. The smallest absolute Gasteiger partial charge is 0.0457 e. The maximum Gasteiger partial charge on any atom is 0.0457 e.